The number of H-pyrrole nitrogens is 1. The van der Waals surface area contributed by atoms with E-state index in [0.717, 1.165) is 11.1 Å². The van der Waals surface area contributed by atoms with Gasteiger partial charge in [0.25, 0.3) is 5.91 Å². The van der Waals surface area contributed by atoms with Gasteiger partial charge in [-0.3, -0.25) is 14.7 Å². The first-order valence-corrected chi connectivity index (χ1v) is 7.87. The average Bonchev–Trinajstić information content (AvgIpc) is 3.11. The number of nitrogens with one attached hydrogen (secondary N) is 3. The Kier molecular flexibility index (Phi) is 4.89. The molecule has 25 heavy (non-hydrogen) atoms. The quantitative estimate of drug-likeness (QED) is 0.670. The number of anilines is 1. The molecular weight excluding hydrogens is 316 g/mol. The van der Waals surface area contributed by atoms with Crippen molar-refractivity contribution in [1.82, 2.24) is 15.5 Å². The lowest BCUT2D eigenvalue weighted by Crippen LogP contribution is -2.25. The van der Waals surface area contributed by atoms with Crippen LogP contribution in [0.2, 0.25) is 0 Å². The van der Waals surface area contributed by atoms with Crippen LogP contribution in [0.25, 0.3) is 0 Å². The van der Waals surface area contributed by atoms with Crippen molar-refractivity contribution >= 4 is 17.5 Å². The summed E-state index contributed by atoms with van der Waals surface area (Å²) in [5.74, 6) is -1.07. The lowest BCUT2D eigenvalue weighted by molar-refractivity contribution is -0.116. The SMILES string of the molecule is CNC(=O)c1[nH]ncc1NC(=O)C(c1ccccc1)c1ccccc1. The third-order valence-corrected chi connectivity index (χ3v) is 3.88. The zero-order valence-corrected chi connectivity index (χ0v) is 13.7. The number of amides is 2. The van der Waals surface area contributed by atoms with Gasteiger partial charge >= 0.3 is 0 Å². The van der Waals surface area contributed by atoms with Crippen LogP contribution in [0.4, 0.5) is 5.69 Å². The third-order valence-electron chi connectivity index (χ3n) is 3.88. The van der Waals surface area contributed by atoms with Crippen LogP contribution in [-0.4, -0.2) is 29.1 Å². The zero-order chi connectivity index (χ0) is 17.6. The molecule has 126 valence electrons. The fourth-order valence-electron chi connectivity index (χ4n) is 2.67. The molecule has 0 spiro atoms. The number of carbonyl (C=O) groups is 2. The fraction of sp³-hybridized carbons (Fsp3) is 0.105. The van der Waals surface area contributed by atoms with Gasteiger partial charge in [-0.15, -0.1) is 0 Å². The second-order valence-electron chi connectivity index (χ2n) is 5.48. The summed E-state index contributed by atoms with van der Waals surface area (Å²) in [6.45, 7) is 0. The molecule has 0 aliphatic carbocycles. The fourth-order valence-corrected chi connectivity index (χ4v) is 2.67. The molecule has 3 aromatic rings. The van der Waals surface area contributed by atoms with Crippen LogP contribution in [0.1, 0.15) is 27.5 Å². The first-order chi connectivity index (χ1) is 12.2. The summed E-state index contributed by atoms with van der Waals surface area (Å²) in [7, 11) is 1.52. The van der Waals surface area contributed by atoms with Crippen molar-refractivity contribution in [2.45, 2.75) is 5.92 Å². The number of hydrogen-bond acceptors (Lipinski definition) is 3. The van der Waals surface area contributed by atoms with E-state index in [1.165, 1.54) is 13.2 Å². The van der Waals surface area contributed by atoms with Gasteiger partial charge in [0.15, 0.2) is 0 Å². The van der Waals surface area contributed by atoms with Crippen molar-refractivity contribution in [2.24, 2.45) is 0 Å². The van der Waals surface area contributed by atoms with E-state index in [2.05, 4.69) is 20.8 Å². The summed E-state index contributed by atoms with van der Waals surface area (Å²) >= 11 is 0. The molecule has 0 bridgehead atoms. The zero-order valence-electron chi connectivity index (χ0n) is 13.7. The van der Waals surface area contributed by atoms with E-state index in [9.17, 15) is 9.59 Å². The molecule has 0 saturated carbocycles. The lowest BCUT2D eigenvalue weighted by atomic mass is 9.90. The Hall–Kier alpha value is -3.41. The van der Waals surface area contributed by atoms with E-state index >= 15 is 0 Å². The van der Waals surface area contributed by atoms with Gasteiger partial charge in [0.1, 0.15) is 5.69 Å². The van der Waals surface area contributed by atoms with Crippen molar-refractivity contribution in [3.63, 3.8) is 0 Å². The Bertz CT molecular complexity index is 820. The topological polar surface area (TPSA) is 86.9 Å². The standard InChI is InChI=1S/C19H18N4O2/c1-20-19(25)17-15(12-21-23-17)22-18(24)16(13-8-4-2-5-9-13)14-10-6-3-7-11-14/h2-12,16H,1H3,(H,20,25)(H,21,23)(H,22,24). The number of aromatic nitrogens is 2. The highest BCUT2D eigenvalue weighted by Crippen LogP contribution is 2.26. The van der Waals surface area contributed by atoms with Crippen molar-refractivity contribution in [3.05, 3.63) is 83.7 Å². The van der Waals surface area contributed by atoms with Gasteiger partial charge in [-0.1, -0.05) is 60.7 Å². The van der Waals surface area contributed by atoms with Gasteiger partial charge in [0.2, 0.25) is 5.91 Å². The molecule has 1 aromatic heterocycles. The molecule has 0 atom stereocenters. The van der Waals surface area contributed by atoms with Crippen LogP contribution in [0.3, 0.4) is 0 Å². The summed E-state index contributed by atoms with van der Waals surface area (Å²) in [6, 6.07) is 19.0. The first kappa shape index (κ1) is 16.4. The summed E-state index contributed by atoms with van der Waals surface area (Å²) in [5.41, 5.74) is 2.31. The van der Waals surface area contributed by atoms with E-state index in [0.29, 0.717) is 5.69 Å². The van der Waals surface area contributed by atoms with Gasteiger partial charge in [-0.25, -0.2) is 0 Å². The van der Waals surface area contributed by atoms with E-state index in [1.54, 1.807) is 0 Å². The van der Waals surface area contributed by atoms with Crippen LogP contribution in [0.15, 0.2) is 66.9 Å². The maximum atomic E-state index is 13.0. The van der Waals surface area contributed by atoms with Crippen molar-refractivity contribution in [3.8, 4) is 0 Å². The predicted molar refractivity (Wildman–Crippen MR) is 95.3 cm³/mol. The number of benzene rings is 2. The summed E-state index contributed by atoms with van der Waals surface area (Å²) < 4.78 is 0. The van der Waals surface area contributed by atoms with Crippen molar-refractivity contribution in [1.29, 1.82) is 0 Å². The smallest absolute Gasteiger partial charge is 0.271 e. The van der Waals surface area contributed by atoms with Crippen LogP contribution < -0.4 is 10.6 Å². The van der Waals surface area contributed by atoms with Gasteiger partial charge in [-0.2, -0.15) is 5.10 Å². The Balaban J connectivity index is 1.93. The average molecular weight is 334 g/mol. The molecule has 0 aliphatic rings. The van der Waals surface area contributed by atoms with Crippen LogP contribution in [-0.2, 0) is 4.79 Å². The van der Waals surface area contributed by atoms with E-state index < -0.39 is 5.92 Å². The highest BCUT2D eigenvalue weighted by molar-refractivity contribution is 6.04. The Morgan fingerprint density at radius 1 is 0.960 bits per heavy atom. The molecule has 0 aliphatic heterocycles. The number of nitrogens with zero attached hydrogens (tertiary/aromatic N) is 1. The number of hydrogen-bond donors (Lipinski definition) is 3. The minimum atomic E-state index is -0.491. The molecule has 2 amide bonds. The molecule has 6 nitrogen and oxygen atoms in total. The lowest BCUT2D eigenvalue weighted by Gasteiger charge is -2.17. The van der Waals surface area contributed by atoms with Gasteiger partial charge in [0, 0.05) is 7.05 Å². The molecule has 0 unspecified atom stereocenters. The van der Waals surface area contributed by atoms with Crippen molar-refractivity contribution < 1.29 is 9.59 Å². The van der Waals surface area contributed by atoms with E-state index in [4.69, 9.17) is 0 Å². The van der Waals surface area contributed by atoms with E-state index in [1.807, 2.05) is 60.7 Å². The number of rotatable bonds is 5. The maximum absolute atomic E-state index is 13.0. The first-order valence-electron chi connectivity index (χ1n) is 7.87. The number of carbonyl (C=O) groups excluding carboxylic acids is 2. The summed E-state index contributed by atoms with van der Waals surface area (Å²) in [6.07, 6.45) is 1.43. The van der Waals surface area contributed by atoms with Gasteiger partial charge < -0.3 is 10.6 Å². The van der Waals surface area contributed by atoms with E-state index in [-0.39, 0.29) is 17.5 Å². The van der Waals surface area contributed by atoms with Crippen molar-refractivity contribution in [2.75, 3.05) is 12.4 Å². The van der Waals surface area contributed by atoms with Crippen LogP contribution in [0, 0.1) is 0 Å². The molecule has 1 heterocycles. The molecule has 6 heteroatoms. The second-order valence-corrected chi connectivity index (χ2v) is 5.48. The highest BCUT2D eigenvalue weighted by atomic mass is 16.2. The number of aromatic amines is 1. The molecule has 3 rings (SSSR count). The Morgan fingerprint density at radius 2 is 1.52 bits per heavy atom. The Labute approximate surface area is 145 Å². The van der Waals surface area contributed by atoms with Gasteiger partial charge in [-0.05, 0) is 11.1 Å². The molecule has 3 N–H and O–H groups in total. The molecular formula is C19H18N4O2. The normalized spacial score (nSPS) is 10.5. The summed E-state index contributed by atoms with van der Waals surface area (Å²) in [4.78, 5) is 24.8. The molecule has 0 radical (unpaired) electrons. The minimum absolute atomic E-state index is 0.218. The largest absolute Gasteiger partial charge is 0.354 e. The predicted octanol–water partition coefficient (Wildman–Crippen LogP) is 2.54. The Morgan fingerprint density at radius 3 is 2.04 bits per heavy atom. The minimum Gasteiger partial charge on any atom is -0.354 e. The molecule has 0 fully saturated rings. The summed E-state index contributed by atoms with van der Waals surface area (Å²) in [5, 5.41) is 11.8. The highest BCUT2D eigenvalue weighted by Gasteiger charge is 2.24. The third kappa shape index (κ3) is 3.58. The van der Waals surface area contributed by atoms with Crippen LogP contribution >= 0.6 is 0 Å². The molecule has 2 aromatic carbocycles. The second kappa shape index (κ2) is 7.44. The molecule has 0 saturated heterocycles. The van der Waals surface area contributed by atoms with Crippen LogP contribution in [0.5, 0.6) is 0 Å². The monoisotopic (exact) mass is 334 g/mol. The maximum Gasteiger partial charge on any atom is 0.271 e. The van der Waals surface area contributed by atoms with Gasteiger partial charge in [0.05, 0.1) is 17.8 Å².